The smallest absolute Gasteiger partial charge is 0.407 e. The Morgan fingerprint density at radius 2 is 1.71 bits per heavy atom. The highest BCUT2D eigenvalue weighted by Crippen LogP contribution is 2.44. The zero-order valence-corrected chi connectivity index (χ0v) is 19.7. The third kappa shape index (κ3) is 4.65. The van der Waals surface area contributed by atoms with E-state index >= 15 is 0 Å². The van der Waals surface area contributed by atoms with E-state index in [1.165, 1.54) is 11.1 Å². The predicted molar refractivity (Wildman–Crippen MR) is 128 cm³/mol. The van der Waals surface area contributed by atoms with Gasteiger partial charge in [0.05, 0.1) is 11.8 Å². The molecular weight excluding hydrogens is 432 g/mol. The van der Waals surface area contributed by atoms with Crippen LogP contribution in [0.1, 0.15) is 63.0 Å². The summed E-state index contributed by atoms with van der Waals surface area (Å²) in [4.78, 5) is 36.9. The molecule has 2 aromatic carbocycles. The molecule has 34 heavy (non-hydrogen) atoms. The summed E-state index contributed by atoms with van der Waals surface area (Å²) in [6, 6.07) is 15.5. The fraction of sp³-hybridized carbons (Fsp3) is 0.444. The predicted octanol–water partition coefficient (Wildman–Crippen LogP) is 4.45. The molecule has 2 aromatic rings. The first kappa shape index (κ1) is 23.8. The second-order valence-electron chi connectivity index (χ2n) is 9.51. The number of fused-ring (bicyclic) bond motifs is 3. The van der Waals surface area contributed by atoms with Gasteiger partial charge in [-0.25, -0.2) is 4.79 Å². The first-order valence-corrected chi connectivity index (χ1v) is 12.0. The van der Waals surface area contributed by atoms with Crippen molar-refractivity contribution in [3.63, 3.8) is 0 Å². The number of benzene rings is 2. The molecule has 4 rings (SSSR count). The average molecular weight is 465 g/mol. The van der Waals surface area contributed by atoms with Gasteiger partial charge in [0.25, 0.3) is 0 Å². The standard InChI is InChI=1S/C27H32N2O5/c1-3-17(15-24(30)31)28-25(32)27(2)14-8-13-23(27)29-26(33)34-16-22-20-11-6-4-9-18(20)19-10-5-7-12-21(19)22/h4-7,9-12,17,22-23H,3,8,13-16H2,1-2H3,(H,28,32)(H,29,33)(H,30,31)/t17-,23?,27?/m0/s1. The molecule has 0 saturated heterocycles. The maximum absolute atomic E-state index is 13.1. The van der Waals surface area contributed by atoms with Crippen LogP contribution >= 0.6 is 0 Å². The molecule has 0 spiro atoms. The van der Waals surface area contributed by atoms with E-state index in [1.807, 2.05) is 38.1 Å². The number of carboxylic acids is 1. The molecule has 2 amide bonds. The Balaban J connectivity index is 1.39. The van der Waals surface area contributed by atoms with Crippen LogP contribution in [0.4, 0.5) is 4.79 Å². The van der Waals surface area contributed by atoms with E-state index in [4.69, 9.17) is 9.84 Å². The maximum atomic E-state index is 13.1. The van der Waals surface area contributed by atoms with Gasteiger partial charge in [0.2, 0.25) is 5.91 Å². The van der Waals surface area contributed by atoms with Gasteiger partial charge in [-0.15, -0.1) is 0 Å². The number of carboxylic acid groups (broad SMARTS) is 1. The number of hydrogen-bond donors (Lipinski definition) is 3. The van der Waals surface area contributed by atoms with Crippen LogP contribution in [0.25, 0.3) is 11.1 Å². The molecule has 0 aromatic heterocycles. The number of alkyl carbamates (subject to hydrolysis) is 1. The summed E-state index contributed by atoms with van der Waals surface area (Å²) >= 11 is 0. The lowest BCUT2D eigenvalue weighted by Crippen LogP contribution is -2.53. The minimum Gasteiger partial charge on any atom is -0.481 e. The Morgan fingerprint density at radius 1 is 1.09 bits per heavy atom. The van der Waals surface area contributed by atoms with Crippen molar-refractivity contribution in [2.45, 2.75) is 64.0 Å². The first-order chi connectivity index (χ1) is 16.3. The minimum atomic E-state index is -0.947. The molecule has 180 valence electrons. The summed E-state index contributed by atoms with van der Waals surface area (Å²) in [7, 11) is 0. The average Bonchev–Trinajstić information content (AvgIpc) is 3.35. The van der Waals surface area contributed by atoms with Crippen molar-refractivity contribution in [2.75, 3.05) is 6.61 Å². The van der Waals surface area contributed by atoms with Crippen LogP contribution in [0.15, 0.2) is 48.5 Å². The van der Waals surface area contributed by atoms with Gasteiger partial charge in [0.15, 0.2) is 0 Å². The molecule has 1 saturated carbocycles. The minimum absolute atomic E-state index is 0.0299. The first-order valence-electron chi connectivity index (χ1n) is 12.0. The Hall–Kier alpha value is -3.35. The number of hydrogen-bond acceptors (Lipinski definition) is 4. The van der Waals surface area contributed by atoms with E-state index in [0.29, 0.717) is 19.3 Å². The van der Waals surface area contributed by atoms with Crippen molar-refractivity contribution in [3.8, 4) is 11.1 Å². The molecular formula is C27H32N2O5. The lowest BCUT2D eigenvalue weighted by atomic mass is 9.83. The molecule has 2 aliphatic rings. The molecule has 3 atom stereocenters. The SMILES string of the molecule is CC[C@@H](CC(=O)O)NC(=O)C1(C)CCCC1NC(=O)OCC1c2ccccc2-c2ccccc21. The van der Waals surface area contributed by atoms with Crippen LogP contribution in [-0.4, -0.2) is 41.8 Å². The Labute approximate surface area is 199 Å². The van der Waals surface area contributed by atoms with Crippen molar-refractivity contribution in [3.05, 3.63) is 59.7 Å². The van der Waals surface area contributed by atoms with Gasteiger partial charge >= 0.3 is 12.1 Å². The number of amides is 2. The van der Waals surface area contributed by atoms with Crippen LogP contribution in [0.5, 0.6) is 0 Å². The number of nitrogens with one attached hydrogen (secondary N) is 2. The molecule has 3 N–H and O–H groups in total. The summed E-state index contributed by atoms with van der Waals surface area (Å²) in [5.41, 5.74) is 3.81. The van der Waals surface area contributed by atoms with Gasteiger partial charge < -0.3 is 20.5 Å². The molecule has 2 unspecified atom stereocenters. The van der Waals surface area contributed by atoms with Crippen molar-refractivity contribution < 1.29 is 24.2 Å². The topological polar surface area (TPSA) is 105 Å². The monoisotopic (exact) mass is 464 g/mol. The highest BCUT2D eigenvalue weighted by Gasteiger charge is 2.46. The maximum Gasteiger partial charge on any atom is 0.407 e. The number of carbonyl (C=O) groups excluding carboxylic acids is 2. The van der Waals surface area contributed by atoms with Gasteiger partial charge in [0.1, 0.15) is 6.61 Å². The van der Waals surface area contributed by atoms with E-state index in [1.54, 1.807) is 0 Å². The fourth-order valence-corrected chi connectivity index (χ4v) is 5.31. The quantitative estimate of drug-likeness (QED) is 0.535. The normalized spacial score (nSPS) is 21.9. The highest BCUT2D eigenvalue weighted by molar-refractivity contribution is 5.85. The largest absolute Gasteiger partial charge is 0.481 e. The summed E-state index contributed by atoms with van der Waals surface area (Å²) in [5.74, 6) is -1.20. The van der Waals surface area contributed by atoms with Crippen LogP contribution in [0.2, 0.25) is 0 Å². The fourth-order valence-electron chi connectivity index (χ4n) is 5.31. The summed E-state index contributed by atoms with van der Waals surface area (Å²) in [6.45, 7) is 3.89. The summed E-state index contributed by atoms with van der Waals surface area (Å²) in [6.07, 6.45) is 1.96. The van der Waals surface area contributed by atoms with Crippen LogP contribution in [0.3, 0.4) is 0 Å². The van der Waals surface area contributed by atoms with Crippen molar-refractivity contribution >= 4 is 18.0 Å². The third-order valence-electron chi connectivity index (χ3n) is 7.36. The molecule has 0 bridgehead atoms. The van der Waals surface area contributed by atoms with E-state index in [9.17, 15) is 14.4 Å². The molecule has 0 aliphatic heterocycles. The summed E-state index contributed by atoms with van der Waals surface area (Å²) in [5, 5.41) is 14.9. The highest BCUT2D eigenvalue weighted by atomic mass is 16.5. The molecule has 1 fully saturated rings. The Kier molecular flexibility index (Phi) is 6.91. The third-order valence-corrected chi connectivity index (χ3v) is 7.36. The van der Waals surface area contributed by atoms with Crippen LogP contribution in [0, 0.1) is 5.41 Å². The van der Waals surface area contributed by atoms with Gasteiger partial charge in [-0.3, -0.25) is 9.59 Å². The molecule has 0 radical (unpaired) electrons. The zero-order valence-electron chi connectivity index (χ0n) is 19.7. The van der Waals surface area contributed by atoms with Crippen molar-refractivity contribution in [2.24, 2.45) is 5.41 Å². The van der Waals surface area contributed by atoms with E-state index < -0.39 is 23.5 Å². The lowest BCUT2D eigenvalue weighted by molar-refractivity contribution is -0.138. The Morgan fingerprint density at radius 3 is 2.29 bits per heavy atom. The molecule has 7 nitrogen and oxygen atoms in total. The number of rotatable bonds is 8. The van der Waals surface area contributed by atoms with E-state index in [0.717, 1.165) is 17.5 Å². The van der Waals surface area contributed by atoms with E-state index in [2.05, 4.69) is 34.9 Å². The zero-order chi connectivity index (χ0) is 24.3. The van der Waals surface area contributed by atoms with Gasteiger partial charge in [0, 0.05) is 18.0 Å². The number of carbonyl (C=O) groups is 3. The van der Waals surface area contributed by atoms with E-state index in [-0.39, 0.29) is 30.9 Å². The van der Waals surface area contributed by atoms with Crippen molar-refractivity contribution in [1.29, 1.82) is 0 Å². The van der Waals surface area contributed by atoms with Crippen molar-refractivity contribution in [1.82, 2.24) is 10.6 Å². The second kappa shape index (κ2) is 9.87. The molecule has 0 heterocycles. The van der Waals surface area contributed by atoms with Crippen LogP contribution < -0.4 is 10.6 Å². The Bertz CT molecular complexity index is 1040. The molecule has 2 aliphatic carbocycles. The summed E-state index contributed by atoms with van der Waals surface area (Å²) < 4.78 is 5.67. The lowest BCUT2D eigenvalue weighted by Gasteiger charge is -2.32. The van der Waals surface area contributed by atoms with Gasteiger partial charge in [-0.1, -0.05) is 61.9 Å². The van der Waals surface area contributed by atoms with Gasteiger partial charge in [-0.2, -0.15) is 0 Å². The van der Waals surface area contributed by atoms with Crippen LogP contribution in [-0.2, 0) is 14.3 Å². The second-order valence-corrected chi connectivity index (χ2v) is 9.51. The van der Waals surface area contributed by atoms with Gasteiger partial charge in [-0.05, 0) is 48.4 Å². The number of aliphatic carboxylic acids is 1. The molecule has 7 heteroatoms. The number of ether oxygens (including phenoxy) is 1.